The van der Waals surface area contributed by atoms with Crippen molar-refractivity contribution < 1.29 is 9.13 Å². The van der Waals surface area contributed by atoms with Gasteiger partial charge in [-0.2, -0.15) is 14.7 Å². The van der Waals surface area contributed by atoms with Gasteiger partial charge >= 0.3 is 0 Å². The van der Waals surface area contributed by atoms with Gasteiger partial charge in [-0.3, -0.25) is 4.98 Å². The van der Waals surface area contributed by atoms with Gasteiger partial charge in [-0.05, 0) is 30.3 Å². The van der Waals surface area contributed by atoms with E-state index in [4.69, 9.17) is 14.8 Å². The van der Waals surface area contributed by atoms with Crippen LogP contribution in [0.25, 0.3) is 34.0 Å². The topological polar surface area (TPSA) is 73.4 Å². The lowest BCUT2D eigenvalue weighted by atomic mass is 10.1. The molecule has 1 aliphatic heterocycles. The summed E-state index contributed by atoms with van der Waals surface area (Å²) in [6.45, 7) is 2.80. The van der Waals surface area contributed by atoms with Crippen LogP contribution in [0, 0.1) is 5.82 Å². The lowest BCUT2D eigenvalue weighted by Gasteiger charge is -2.29. The fraction of sp³-hybridized carbons (Fsp3) is 0.167. The second-order valence-corrected chi connectivity index (χ2v) is 7.73. The van der Waals surface area contributed by atoms with Gasteiger partial charge in [0.2, 0.25) is 0 Å². The molecule has 0 unspecified atom stereocenters. The minimum atomic E-state index is -0.307. The summed E-state index contributed by atoms with van der Waals surface area (Å²) in [6, 6.07) is 16.2. The molecule has 1 saturated heterocycles. The van der Waals surface area contributed by atoms with E-state index in [1.807, 2.05) is 28.8 Å². The Hall–Kier alpha value is -4.11. The predicted octanol–water partition coefficient (Wildman–Crippen LogP) is 3.62. The summed E-state index contributed by atoms with van der Waals surface area (Å²) < 4.78 is 23.3. The highest BCUT2D eigenvalue weighted by atomic mass is 19.1. The average molecular weight is 441 g/mol. The highest BCUT2D eigenvalue weighted by Gasteiger charge is 2.19. The van der Waals surface area contributed by atoms with E-state index in [9.17, 15) is 4.39 Å². The SMILES string of the molecule is Fc1ccccc1-c1ccn(-c2cc(N3CCOCC3)n3nc(-c4ccncc4)cc3n2)n1. The van der Waals surface area contributed by atoms with Crippen LogP contribution in [0.15, 0.2) is 73.2 Å². The Bertz CT molecular complexity index is 1420. The third-order valence-electron chi connectivity index (χ3n) is 5.68. The average Bonchev–Trinajstić information content (AvgIpc) is 3.52. The lowest BCUT2D eigenvalue weighted by molar-refractivity contribution is 0.122. The molecule has 1 aliphatic rings. The van der Waals surface area contributed by atoms with Crippen molar-refractivity contribution in [1.82, 2.24) is 29.4 Å². The molecule has 5 heterocycles. The number of pyridine rings is 1. The second kappa shape index (κ2) is 8.10. The lowest BCUT2D eigenvalue weighted by Crippen LogP contribution is -2.37. The van der Waals surface area contributed by atoms with Crippen molar-refractivity contribution in [3.8, 4) is 28.3 Å². The molecule has 1 fully saturated rings. The van der Waals surface area contributed by atoms with E-state index < -0.39 is 0 Å². The largest absolute Gasteiger partial charge is 0.378 e. The van der Waals surface area contributed by atoms with Crippen LogP contribution >= 0.6 is 0 Å². The highest BCUT2D eigenvalue weighted by molar-refractivity contribution is 5.67. The molecule has 0 amide bonds. The molecule has 1 aromatic carbocycles. The molecule has 164 valence electrons. The van der Waals surface area contributed by atoms with Crippen molar-refractivity contribution in [3.63, 3.8) is 0 Å². The van der Waals surface area contributed by atoms with E-state index in [1.165, 1.54) is 6.07 Å². The summed E-state index contributed by atoms with van der Waals surface area (Å²) >= 11 is 0. The Morgan fingerprint density at radius 1 is 0.879 bits per heavy atom. The van der Waals surface area contributed by atoms with Gasteiger partial charge in [-0.15, -0.1) is 0 Å². The number of ether oxygens (including phenoxy) is 1. The van der Waals surface area contributed by atoms with Crippen LogP contribution in [-0.2, 0) is 4.74 Å². The van der Waals surface area contributed by atoms with Crippen molar-refractivity contribution in [3.05, 3.63) is 79.0 Å². The monoisotopic (exact) mass is 441 g/mol. The van der Waals surface area contributed by atoms with Crippen LogP contribution < -0.4 is 4.90 Å². The van der Waals surface area contributed by atoms with Crippen LogP contribution in [0.5, 0.6) is 0 Å². The first-order chi connectivity index (χ1) is 16.3. The summed E-state index contributed by atoms with van der Waals surface area (Å²) in [6.07, 6.45) is 5.29. The van der Waals surface area contributed by atoms with Gasteiger partial charge in [-0.25, -0.2) is 14.1 Å². The minimum Gasteiger partial charge on any atom is -0.378 e. The summed E-state index contributed by atoms with van der Waals surface area (Å²) in [5, 5.41) is 9.42. The Morgan fingerprint density at radius 3 is 2.52 bits per heavy atom. The molecule has 0 saturated carbocycles. The van der Waals surface area contributed by atoms with E-state index in [0.29, 0.717) is 35.9 Å². The van der Waals surface area contributed by atoms with E-state index >= 15 is 0 Å². The number of rotatable bonds is 4. The van der Waals surface area contributed by atoms with E-state index in [2.05, 4.69) is 15.0 Å². The van der Waals surface area contributed by atoms with Gasteiger partial charge in [0.1, 0.15) is 11.6 Å². The molecule has 8 nitrogen and oxygen atoms in total. The number of benzene rings is 1. The summed E-state index contributed by atoms with van der Waals surface area (Å²) in [7, 11) is 0. The standard InChI is InChI=1S/C24H20FN7O/c25-19-4-2-1-3-18(19)20-7-10-31(28-20)22-16-24(30-11-13-33-14-12-30)32-23(27-22)15-21(29-32)17-5-8-26-9-6-17/h1-10,15-16H,11-14H2. The number of fused-ring (bicyclic) bond motifs is 1. The quantitative estimate of drug-likeness (QED) is 0.424. The van der Waals surface area contributed by atoms with Crippen molar-refractivity contribution in [1.29, 1.82) is 0 Å². The number of morpholine rings is 1. The van der Waals surface area contributed by atoms with Crippen molar-refractivity contribution in [2.45, 2.75) is 0 Å². The maximum absolute atomic E-state index is 14.3. The van der Waals surface area contributed by atoms with Gasteiger partial charge in [0.05, 0.1) is 24.6 Å². The molecule has 4 aromatic heterocycles. The third-order valence-corrected chi connectivity index (χ3v) is 5.68. The van der Waals surface area contributed by atoms with E-state index in [1.54, 1.807) is 47.5 Å². The zero-order chi connectivity index (χ0) is 22.2. The zero-order valence-corrected chi connectivity index (χ0v) is 17.7. The van der Waals surface area contributed by atoms with Gasteiger partial charge in [0, 0.05) is 54.9 Å². The molecule has 0 aliphatic carbocycles. The van der Waals surface area contributed by atoms with Crippen LogP contribution in [0.3, 0.4) is 0 Å². The molecule has 0 bridgehead atoms. The summed E-state index contributed by atoms with van der Waals surface area (Å²) in [4.78, 5) is 11.1. The van der Waals surface area contributed by atoms with Crippen molar-refractivity contribution >= 4 is 11.5 Å². The smallest absolute Gasteiger partial charge is 0.160 e. The zero-order valence-electron chi connectivity index (χ0n) is 17.7. The Morgan fingerprint density at radius 2 is 1.70 bits per heavy atom. The fourth-order valence-corrected chi connectivity index (χ4v) is 4.01. The molecule has 0 spiro atoms. The van der Waals surface area contributed by atoms with Crippen LogP contribution in [0.2, 0.25) is 0 Å². The fourth-order valence-electron chi connectivity index (χ4n) is 4.01. The molecule has 0 atom stereocenters. The van der Waals surface area contributed by atoms with Gasteiger partial charge < -0.3 is 9.64 Å². The number of nitrogens with zero attached hydrogens (tertiary/aromatic N) is 7. The Balaban J connectivity index is 1.48. The maximum atomic E-state index is 14.3. The second-order valence-electron chi connectivity index (χ2n) is 7.73. The molecule has 9 heteroatoms. The highest BCUT2D eigenvalue weighted by Crippen LogP contribution is 2.26. The number of anilines is 1. The Labute approximate surface area is 188 Å². The maximum Gasteiger partial charge on any atom is 0.160 e. The Kier molecular flexibility index (Phi) is 4.80. The predicted molar refractivity (Wildman–Crippen MR) is 122 cm³/mol. The molecule has 6 rings (SSSR count). The van der Waals surface area contributed by atoms with Crippen LogP contribution in [-0.4, -0.2) is 55.7 Å². The first-order valence-electron chi connectivity index (χ1n) is 10.7. The van der Waals surface area contributed by atoms with Crippen molar-refractivity contribution in [2.24, 2.45) is 0 Å². The summed E-state index contributed by atoms with van der Waals surface area (Å²) in [5.74, 6) is 1.23. The third kappa shape index (κ3) is 3.62. The number of hydrogen-bond donors (Lipinski definition) is 0. The first-order valence-corrected chi connectivity index (χ1v) is 10.7. The molecule has 5 aromatic rings. The number of hydrogen-bond acceptors (Lipinski definition) is 6. The van der Waals surface area contributed by atoms with Crippen LogP contribution in [0.1, 0.15) is 0 Å². The molecule has 0 radical (unpaired) electrons. The minimum absolute atomic E-state index is 0.307. The molecular formula is C24H20FN7O. The van der Waals surface area contributed by atoms with E-state index in [-0.39, 0.29) is 5.82 Å². The number of aromatic nitrogens is 6. The normalized spacial score (nSPS) is 14.2. The van der Waals surface area contributed by atoms with Gasteiger partial charge in [0.25, 0.3) is 0 Å². The van der Waals surface area contributed by atoms with Gasteiger partial charge in [0.15, 0.2) is 11.5 Å². The molecule has 0 N–H and O–H groups in total. The molecule has 33 heavy (non-hydrogen) atoms. The number of halogens is 1. The van der Waals surface area contributed by atoms with Crippen LogP contribution in [0.4, 0.5) is 10.2 Å². The molecular weight excluding hydrogens is 421 g/mol. The summed E-state index contributed by atoms with van der Waals surface area (Å²) in [5.41, 5.74) is 3.47. The van der Waals surface area contributed by atoms with Crippen molar-refractivity contribution in [2.75, 3.05) is 31.2 Å². The van der Waals surface area contributed by atoms with E-state index in [0.717, 1.165) is 30.2 Å². The first kappa shape index (κ1) is 19.6. The van der Waals surface area contributed by atoms with Gasteiger partial charge in [-0.1, -0.05) is 12.1 Å².